The Labute approximate surface area is 121 Å². The van der Waals surface area contributed by atoms with Gasteiger partial charge in [-0.3, -0.25) is 9.59 Å². The molecule has 0 radical (unpaired) electrons. The van der Waals surface area contributed by atoms with E-state index < -0.39 is 24.9 Å². The predicted molar refractivity (Wildman–Crippen MR) is 69.4 cm³/mol. The van der Waals surface area contributed by atoms with Gasteiger partial charge in [-0.2, -0.15) is 13.2 Å². The molecular weight excluding hydrogens is 289 g/mol. The molecule has 0 aromatic rings. The summed E-state index contributed by atoms with van der Waals surface area (Å²) in [7, 11) is 0. The molecule has 2 unspecified atom stereocenters. The number of nitrogens with zero attached hydrogens (tertiary/aromatic N) is 1. The van der Waals surface area contributed by atoms with Crippen molar-refractivity contribution in [3.63, 3.8) is 0 Å². The number of amides is 2. The van der Waals surface area contributed by atoms with Crippen LogP contribution >= 0.6 is 0 Å². The van der Waals surface area contributed by atoms with Crippen LogP contribution in [0.15, 0.2) is 0 Å². The highest BCUT2D eigenvalue weighted by Gasteiger charge is 2.41. The Kier molecular flexibility index (Phi) is 6.00. The number of hydrogen-bond donors (Lipinski definition) is 1. The smallest absolute Gasteiger partial charge is 0.370 e. The topological polar surface area (TPSA) is 58.6 Å². The number of alkyl halides is 3. The Balaban J connectivity index is 2.68. The predicted octanol–water partition coefficient (Wildman–Crippen LogP) is 1.33. The van der Waals surface area contributed by atoms with Gasteiger partial charge in [0, 0.05) is 6.54 Å². The van der Waals surface area contributed by atoms with Crippen molar-refractivity contribution in [2.75, 3.05) is 19.8 Å². The fourth-order valence-electron chi connectivity index (χ4n) is 2.34. The lowest BCUT2D eigenvalue weighted by Crippen LogP contribution is -2.65. The summed E-state index contributed by atoms with van der Waals surface area (Å²) in [6.45, 7) is 3.70. The second kappa shape index (κ2) is 7.11. The van der Waals surface area contributed by atoms with Crippen LogP contribution in [-0.2, 0) is 14.3 Å². The van der Waals surface area contributed by atoms with Crippen molar-refractivity contribution in [3.05, 3.63) is 0 Å². The van der Waals surface area contributed by atoms with Gasteiger partial charge in [-0.1, -0.05) is 20.8 Å². The van der Waals surface area contributed by atoms with Gasteiger partial charge in [-0.15, -0.1) is 0 Å². The summed E-state index contributed by atoms with van der Waals surface area (Å²) in [5.74, 6) is -0.673. The standard InChI is InChI=1S/C13H21F3N2O3/c1-4-9-12(20)18(5-6-21-7-13(14,15)16)10(8(2)3)11(19)17-9/h8-10H,4-7H2,1-3H3,(H,17,19). The van der Waals surface area contributed by atoms with Gasteiger partial charge in [0.2, 0.25) is 11.8 Å². The molecule has 1 heterocycles. The van der Waals surface area contributed by atoms with Crippen LogP contribution in [0.5, 0.6) is 0 Å². The van der Waals surface area contributed by atoms with Crippen LogP contribution in [0.2, 0.25) is 0 Å². The number of piperazine rings is 1. The summed E-state index contributed by atoms with van der Waals surface area (Å²) in [6.07, 6.45) is -3.96. The summed E-state index contributed by atoms with van der Waals surface area (Å²) < 4.78 is 40.6. The maximum absolute atomic E-state index is 12.2. The van der Waals surface area contributed by atoms with Gasteiger partial charge in [0.25, 0.3) is 0 Å². The zero-order valence-corrected chi connectivity index (χ0v) is 12.4. The quantitative estimate of drug-likeness (QED) is 0.753. The largest absolute Gasteiger partial charge is 0.411 e. The minimum absolute atomic E-state index is 0.0261. The SMILES string of the molecule is CCC1NC(=O)C(C(C)C)N(CCOCC(F)(F)F)C1=O. The van der Waals surface area contributed by atoms with Crippen LogP contribution in [-0.4, -0.2) is 54.7 Å². The van der Waals surface area contributed by atoms with E-state index in [9.17, 15) is 22.8 Å². The summed E-state index contributed by atoms with van der Waals surface area (Å²) in [4.78, 5) is 25.6. The fraction of sp³-hybridized carbons (Fsp3) is 0.846. The molecule has 2 atom stereocenters. The molecule has 1 aliphatic heterocycles. The first-order valence-electron chi connectivity index (χ1n) is 6.92. The van der Waals surface area contributed by atoms with Gasteiger partial charge in [0.1, 0.15) is 18.7 Å². The van der Waals surface area contributed by atoms with Gasteiger partial charge >= 0.3 is 6.18 Å². The van der Waals surface area contributed by atoms with E-state index >= 15 is 0 Å². The molecule has 1 aliphatic rings. The van der Waals surface area contributed by atoms with Crippen molar-refractivity contribution in [2.24, 2.45) is 5.92 Å². The molecule has 0 aliphatic carbocycles. The average molecular weight is 310 g/mol. The fourth-order valence-corrected chi connectivity index (χ4v) is 2.34. The second-order valence-corrected chi connectivity index (χ2v) is 5.36. The van der Waals surface area contributed by atoms with E-state index in [2.05, 4.69) is 10.1 Å². The summed E-state index contributed by atoms with van der Waals surface area (Å²) in [5.41, 5.74) is 0. The van der Waals surface area contributed by atoms with Crippen LogP contribution in [0.3, 0.4) is 0 Å². The molecule has 8 heteroatoms. The number of ether oxygens (including phenoxy) is 1. The van der Waals surface area contributed by atoms with Crippen molar-refractivity contribution in [1.29, 1.82) is 0 Å². The number of halogens is 3. The summed E-state index contributed by atoms with van der Waals surface area (Å²) in [6, 6.07) is -1.29. The van der Waals surface area contributed by atoms with Crippen LogP contribution < -0.4 is 5.32 Å². The molecule has 2 amide bonds. The van der Waals surface area contributed by atoms with E-state index in [1.165, 1.54) is 4.90 Å². The van der Waals surface area contributed by atoms with Crippen molar-refractivity contribution in [3.8, 4) is 0 Å². The normalized spacial score (nSPS) is 23.7. The Morgan fingerprint density at radius 2 is 1.95 bits per heavy atom. The molecule has 21 heavy (non-hydrogen) atoms. The molecule has 0 saturated carbocycles. The van der Waals surface area contributed by atoms with Gasteiger partial charge in [0.05, 0.1) is 6.61 Å². The van der Waals surface area contributed by atoms with Gasteiger partial charge in [-0.25, -0.2) is 0 Å². The van der Waals surface area contributed by atoms with E-state index in [-0.39, 0.29) is 30.9 Å². The van der Waals surface area contributed by atoms with E-state index in [0.717, 1.165) is 0 Å². The highest BCUT2D eigenvalue weighted by atomic mass is 19.4. The monoisotopic (exact) mass is 310 g/mol. The third kappa shape index (κ3) is 4.87. The molecule has 0 spiro atoms. The first-order chi connectivity index (χ1) is 9.67. The number of carbonyl (C=O) groups is 2. The van der Waals surface area contributed by atoms with Crippen LogP contribution in [0.25, 0.3) is 0 Å². The lowest BCUT2D eigenvalue weighted by atomic mass is 9.96. The molecule has 0 bridgehead atoms. The van der Waals surface area contributed by atoms with Crippen LogP contribution in [0.4, 0.5) is 13.2 Å². The minimum Gasteiger partial charge on any atom is -0.370 e. The maximum atomic E-state index is 12.2. The van der Waals surface area contributed by atoms with Gasteiger partial charge < -0.3 is 15.0 Å². The second-order valence-electron chi connectivity index (χ2n) is 5.36. The van der Waals surface area contributed by atoms with Crippen LogP contribution in [0.1, 0.15) is 27.2 Å². The number of carbonyl (C=O) groups excluding carboxylic acids is 2. The molecule has 0 aromatic heterocycles. The van der Waals surface area contributed by atoms with Crippen molar-refractivity contribution >= 4 is 11.8 Å². The first kappa shape index (κ1) is 17.7. The van der Waals surface area contributed by atoms with Gasteiger partial charge in [-0.05, 0) is 12.3 Å². The zero-order valence-electron chi connectivity index (χ0n) is 12.4. The lowest BCUT2D eigenvalue weighted by molar-refractivity contribution is -0.176. The average Bonchev–Trinajstić information content (AvgIpc) is 2.36. The van der Waals surface area contributed by atoms with Crippen LogP contribution in [0, 0.1) is 5.92 Å². The maximum Gasteiger partial charge on any atom is 0.411 e. The minimum atomic E-state index is -4.40. The Hall–Kier alpha value is -1.31. The van der Waals surface area contributed by atoms with E-state index in [4.69, 9.17) is 0 Å². The molecule has 122 valence electrons. The molecule has 1 saturated heterocycles. The first-order valence-corrected chi connectivity index (χ1v) is 6.92. The lowest BCUT2D eigenvalue weighted by Gasteiger charge is -2.40. The molecule has 1 rings (SSSR count). The summed E-state index contributed by atoms with van der Waals surface area (Å²) in [5, 5.41) is 2.64. The van der Waals surface area contributed by atoms with E-state index in [1.54, 1.807) is 20.8 Å². The number of rotatable bonds is 6. The molecule has 0 aromatic carbocycles. The Bertz CT molecular complexity index is 385. The molecule has 5 nitrogen and oxygen atoms in total. The molecular formula is C13H21F3N2O3. The van der Waals surface area contributed by atoms with E-state index in [0.29, 0.717) is 6.42 Å². The third-order valence-electron chi connectivity index (χ3n) is 3.28. The van der Waals surface area contributed by atoms with Crippen molar-refractivity contribution in [2.45, 2.75) is 45.5 Å². The zero-order chi connectivity index (χ0) is 16.2. The number of nitrogens with one attached hydrogen (secondary N) is 1. The highest BCUT2D eigenvalue weighted by Crippen LogP contribution is 2.19. The summed E-state index contributed by atoms with van der Waals surface area (Å²) >= 11 is 0. The van der Waals surface area contributed by atoms with Crippen molar-refractivity contribution < 1.29 is 27.5 Å². The van der Waals surface area contributed by atoms with E-state index in [1.807, 2.05) is 0 Å². The Morgan fingerprint density at radius 1 is 1.33 bits per heavy atom. The third-order valence-corrected chi connectivity index (χ3v) is 3.28. The molecule has 1 N–H and O–H groups in total. The number of hydrogen-bond acceptors (Lipinski definition) is 3. The molecule has 1 fully saturated rings. The van der Waals surface area contributed by atoms with Crippen molar-refractivity contribution in [1.82, 2.24) is 10.2 Å². The van der Waals surface area contributed by atoms with Gasteiger partial charge in [0.15, 0.2) is 0 Å². The highest BCUT2D eigenvalue weighted by molar-refractivity contribution is 5.97. The Morgan fingerprint density at radius 3 is 2.43 bits per heavy atom.